The van der Waals surface area contributed by atoms with E-state index in [2.05, 4.69) is 24.5 Å². The Morgan fingerprint density at radius 1 is 1.28 bits per heavy atom. The zero-order valence-corrected chi connectivity index (χ0v) is 11.8. The van der Waals surface area contributed by atoms with Crippen molar-refractivity contribution in [3.05, 3.63) is 41.1 Å². The number of hydrogen-bond donors (Lipinski definition) is 2. The Bertz CT molecular complexity index is 462. The summed E-state index contributed by atoms with van der Waals surface area (Å²) < 4.78 is 0. The third-order valence-electron chi connectivity index (χ3n) is 2.97. The molecule has 0 radical (unpaired) electrons. The van der Waals surface area contributed by atoms with Crippen LogP contribution in [0.3, 0.4) is 0 Å². The van der Waals surface area contributed by atoms with E-state index in [0.29, 0.717) is 5.92 Å². The second-order valence-electron chi connectivity index (χ2n) is 4.96. The molecule has 0 atom stereocenters. The predicted molar refractivity (Wildman–Crippen MR) is 76.7 cm³/mol. The summed E-state index contributed by atoms with van der Waals surface area (Å²) >= 11 is 0. The van der Waals surface area contributed by atoms with Gasteiger partial charge in [-0.25, -0.2) is 4.79 Å². The first-order valence-electron chi connectivity index (χ1n) is 6.21. The van der Waals surface area contributed by atoms with Crippen LogP contribution in [0.5, 0.6) is 0 Å². The van der Waals surface area contributed by atoms with Gasteiger partial charge in [-0.2, -0.15) is 0 Å². The van der Waals surface area contributed by atoms with Gasteiger partial charge in [0.2, 0.25) is 0 Å². The Kier molecular flexibility index (Phi) is 4.95. The second kappa shape index (κ2) is 6.24. The molecule has 0 saturated carbocycles. The number of allylic oxidation sites excluding steroid dienone is 1. The molecular weight excluding hydrogens is 224 g/mol. The molecule has 0 aliphatic heterocycles. The number of rotatable bonds is 3. The van der Waals surface area contributed by atoms with Crippen molar-refractivity contribution in [3.8, 4) is 0 Å². The molecule has 1 aromatic rings. The number of anilines is 1. The summed E-state index contributed by atoms with van der Waals surface area (Å²) in [5.41, 5.74) is 4.24. The van der Waals surface area contributed by atoms with Gasteiger partial charge in [-0.05, 0) is 38.3 Å². The lowest BCUT2D eigenvalue weighted by molar-refractivity contribution is 0.255. The molecule has 0 heterocycles. The molecule has 18 heavy (non-hydrogen) atoms. The zero-order valence-electron chi connectivity index (χ0n) is 11.8. The highest BCUT2D eigenvalue weighted by Crippen LogP contribution is 2.15. The molecule has 0 saturated heterocycles. The van der Waals surface area contributed by atoms with Gasteiger partial charge >= 0.3 is 6.03 Å². The van der Waals surface area contributed by atoms with Crippen LogP contribution in [-0.2, 0) is 0 Å². The first-order valence-corrected chi connectivity index (χ1v) is 6.21. The van der Waals surface area contributed by atoms with Crippen LogP contribution in [0.25, 0.3) is 0 Å². The van der Waals surface area contributed by atoms with Gasteiger partial charge in [0.05, 0.1) is 0 Å². The monoisotopic (exact) mass is 246 g/mol. The highest BCUT2D eigenvalue weighted by molar-refractivity contribution is 5.90. The van der Waals surface area contributed by atoms with Crippen molar-refractivity contribution in [2.24, 2.45) is 5.92 Å². The third kappa shape index (κ3) is 4.24. The van der Waals surface area contributed by atoms with Gasteiger partial charge in [0.15, 0.2) is 0 Å². The van der Waals surface area contributed by atoms with Gasteiger partial charge in [-0.3, -0.25) is 0 Å². The summed E-state index contributed by atoms with van der Waals surface area (Å²) in [5.74, 6) is 0.436. The van der Waals surface area contributed by atoms with E-state index in [1.165, 1.54) is 5.56 Å². The van der Waals surface area contributed by atoms with E-state index in [9.17, 15) is 4.79 Å². The van der Waals surface area contributed by atoms with Crippen LogP contribution in [0, 0.1) is 19.8 Å². The lowest BCUT2D eigenvalue weighted by Gasteiger charge is -2.10. The van der Waals surface area contributed by atoms with E-state index < -0.39 is 0 Å². The molecule has 0 bridgehead atoms. The molecule has 0 fully saturated rings. The average molecular weight is 246 g/mol. The number of benzene rings is 1. The average Bonchev–Trinajstić information content (AvgIpc) is 2.29. The van der Waals surface area contributed by atoms with Crippen molar-refractivity contribution in [1.82, 2.24) is 5.32 Å². The molecule has 0 unspecified atom stereocenters. The van der Waals surface area contributed by atoms with Gasteiger partial charge in [-0.1, -0.05) is 37.1 Å². The fraction of sp³-hybridized carbons (Fsp3) is 0.400. The minimum atomic E-state index is -0.207. The number of carbonyl (C=O) groups excluding carboxylic acids is 1. The number of aryl methyl sites for hydroxylation is 2. The molecule has 2 amide bonds. The fourth-order valence-electron chi connectivity index (χ4n) is 1.46. The van der Waals surface area contributed by atoms with Crippen molar-refractivity contribution in [3.63, 3.8) is 0 Å². The summed E-state index contributed by atoms with van der Waals surface area (Å²) in [5, 5.41) is 5.58. The lowest BCUT2D eigenvalue weighted by Crippen LogP contribution is -2.25. The maximum absolute atomic E-state index is 11.7. The molecule has 0 aliphatic rings. The Labute approximate surface area is 109 Å². The molecule has 0 aromatic heterocycles. The quantitative estimate of drug-likeness (QED) is 0.832. The van der Waals surface area contributed by atoms with Gasteiger partial charge < -0.3 is 10.6 Å². The van der Waals surface area contributed by atoms with Crippen LogP contribution >= 0.6 is 0 Å². The molecule has 1 aromatic carbocycles. The van der Waals surface area contributed by atoms with Gasteiger partial charge in [0, 0.05) is 11.9 Å². The highest BCUT2D eigenvalue weighted by atomic mass is 16.2. The van der Waals surface area contributed by atoms with Crippen LogP contribution in [0.15, 0.2) is 30.0 Å². The first kappa shape index (κ1) is 14.3. The molecule has 1 rings (SSSR count). The van der Waals surface area contributed by atoms with Gasteiger partial charge in [-0.15, -0.1) is 0 Å². The minimum absolute atomic E-state index is 0.207. The normalized spacial score (nSPS) is 11.6. The van der Waals surface area contributed by atoms with Crippen molar-refractivity contribution in [1.29, 1.82) is 0 Å². The predicted octanol–water partition coefficient (Wildman–Crippen LogP) is 3.98. The van der Waals surface area contributed by atoms with E-state index in [-0.39, 0.29) is 6.03 Å². The molecule has 3 nitrogen and oxygen atoms in total. The molecule has 3 heteroatoms. The van der Waals surface area contributed by atoms with Crippen molar-refractivity contribution in [2.75, 3.05) is 5.32 Å². The molecule has 2 N–H and O–H groups in total. The molecule has 98 valence electrons. The van der Waals surface area contributed by atoms with Gasteiger partial charge in [0.1, 0.15) is 0 Å². The van der Waals surface area contributed by atoms with E-state index in [4.69, 9.17) is 0 Å². The molecule has 0 aliphatic carbocycles. The largest absolute Gasteiger partial charge is 0.323 e. The van der Waals surface area contributed by atoms with Crippen molar-refractivity contribution in [2.45, 2.75) is 34.6 Å². The van der Waals surface area contributed by atoms with Crippen molar-refractivity contribution < 1.29 is 4.79 Å². The number of amides is 2. The first-order chi connectivity index (χ1) is 8.40. The smallest absolute Gasteiger partial charge is 0.314 e. The number of nitrogens with one attached hydrogen (secondary N) is 2. The number of hydrogen-bond acceptors (Lipinski definition) is 1. The zero-order chi connectivity index (χ0) is 13.7. The second-order valence-corrected chi connectivity index (χ2v) is 4.96. The summed E-state index contributed by atoms with van der Waals surface area (Å²) in [6.45, 7) is 10.2. The summed E-state index contributed by atoms with van der Waals surface area (Å²) in [6.07, 6.45) is 1.75. The van der Waals surface area contributed by atoms with Gasteiger partial charge in [0.25, 0.3) is 0 Å². The minimum Gasteiger partial charge on any atom is -0.314 e. The summed E-state index contributed by atoms with van der Waals surface area (Å²) in [6, 6.07) is 5.74. The summed E-state index contributed by atoms with van der Waals surface area (Å²) in [7, 11) is 0. The Balaban J connectivity index is 2.63. The maximum Gasteiger partial charge on any atom is 0.323 e. The highest BCUT2D eigenvalue weighted by Gasteiger charge is 2.03. The van der Waals surface area contributed by atoms with E-state index in [1.807, 2.05) is 39.0 Å². The Morgan fingerprint density at radius 2 is 1.94 bits per heavy atom. The third-order valence-corrected chi connectivity index (χ3v) is 2.97. The van der Waals surface area contributed by atoms with E-state index in [0.717, 1.165) is 16.8 Å². The van der Waals surface area contributed by atoms with Crippen molar-refractivity contribution >= 4 is 11.7 Å². The van der Waals surface area contributed by atoms with Crippen LogP contribution in [0.2, 0.25) is 0 Å². The Morgan fingerprint density at radius 3 is 2.50 bits per heavy atom. The topological polar surface area (TPSA) is 41.1 Å². The number of urea groups is 1. The van der Waals surface area contributed by atoms with Crippen LogP contribution in [0.4, 0.5) is 10.5 Å². The fourth-order valence-corrected chi connectivity index (χ4v) is 1.46. The molecule has 0 spiro atoms. The lowest BCUT2D eigenvalue weighted by atomic mass is 10.1. The molecular formula is C15H22N2O. The van der Waals surface area contributed by atoms with E-state index in [1.54, 1.807) is 6.20 Å². The standard InChI is InChI=1S/C15H22N2O/c1-10(2)13(5)9-16-15(18)17-14-7-6-11(3)8-12(14)4/h6-10H,1-5H3,(H2,16,17,18)/b13-9+. The maximum atomic E-state index is 11.7. The van der Waals surface area contributed by atoms with Crippen LogP contribution < -0.4 is 10.6 Å². The van der Waals surface area contributed by atoms with E-state index >= 15 is 0 Å². The van der Waals surface area contributed by atoms with Crippen LogP contribution in [-0.4, -0.2) is 6.03 Å². The Hall–Kier alpha value is -1.77. The van der Waals surface area contributed by atoms with Crippen LogP contribution in [0.1, 0.15) is 31.9 Å². The number of carbonyl (C=O) groups is 1. The summed E-state index contributed by atoms with van der Waals surface area (Å²) in [4.78, 5) is 11.7. The SMILES string of the molecule is C/C(=C\NC(=O)Nc1ccc(C)cc1C)C(C)C.